The number of unbranched alkanes of at least 4 members (excludes halogenated alkanes) is 1. The van der Waals surface area contributed by atoms with Crippen molar-refractivity contribution in [2.45, 2.75) is 17.2 Å². The van der Waals surface area contributed by atoms with Crippen LogP contribution in [0.5, 0.6) is 0 Å². The highest BCUT2D eigenvalue weighted by atomic mass is 32.2. The van der Waals surface area contributed by atoms with Gasteiger partial charge >= 0.3 is 0 Å². The summed E-state index contributed by atoms with van der Waals surface area (Å²) in [7, 11) is 0. The molecule has 0 saturated heterocycles. The molecule has 0 unspecified atom stereocenters. The average molecular weight is 188 g/mol. The molecule has 0 radical (unpaired) electrons. The quantitative estimate of drug-likeness (QED) is 0.567. The lowest BCUT2D eigenvalue weighted by molar-refractivity contribution is 0.814. The van der Waals surface area contributed by atoms with E-state index in [4.69, 9.17) is 5.73 Å². The van der Waals surface area contributed by atoms with Crippen molar-refractivity contribution >= 4 is 23.1 Å². The Kier molecular flexibility index (Phi) is 4.58. The minimum atomic E-state index is 0.804. The van der Waals surface area contributed by atoms with Crippen LogP contribution in [0.2, 0.25) is 0 Å². The predicted molar refractivity (Wildman–Crippen MR) is 51.1 cm³/mol. The molecule has 0 spiro atoms. The standard InChI is InChI=1S/C7H12N2S2/c8-3-1-2-5-10-7-9-4-6-11-7/h4,6H,1-3,5,8H2. The number of thiazole rings is 1. The second kappa shape index (κ2) is 5.57. The van der Waals surface area contributed by atoms with Gasteiger partial charge in [0.2, 0.25) is 0 Å². The Morgan fingerprint density at radius 2 is 2.45 bits per heavy atom. The summed E-state index contributed by atoms with van der Waals surface area (Å²) in [4.78, 5) is 4.16. The summed E-state index contributed by atoms with van der Waals surface area (Å²) in [5.41, 5.74) is 5.37. The molecule has 1 heterocycles. The summed E-state index contributed by atoms with van der Waals surface area (Å²) in [6.07, 6.45) is 4.16. The van der Waals surface area contributed by atoms with Gasteiger partial charge < -0.3 is 5.73 Å². The van der Waals surface area contributed by atoms with Crippen LogP contribution in [0.3, 0.4) is 0 Å². The Morgan fingerprint density at radius 1 is 1.55 bits per heavy atom. The minimum Gasteiger partial charge on any atom is -0.330 e. The fourth-order valence-corrected chi connectivity index (χ4v) is 2.39. The zero-order chi connectivity index (χ0) is 7.94. The molecule has 0 fully saturated rings. The van der Waals surface area contributed by atoms with Crippen LogP contribution in [0.25, 0.3) is 0 Å². The van der Waals surface area contributed by atoms with Gasteiger partial charge in [-0.1, -0.05) is 11.8 Å². The first kappa shape index (κ1) is 9.03. The summed E-state index contributed by atoms with van der Waals surface area (Å²) in [5.74, 6) is 1.14. The number of rotatable bonds is 5. The van der Waals surface area contributed by atoms with Crippen molar-refractivity contribution in [2.24, 2.45) is 5.73 Å². The van der Waals surface area contributed by atoms with Gasteiger partial charge in [-0.2, -0.15) is 0 Å². The Balaban J connectivity index is 2.04. The number of hydrogen-bond acceptors (Lipinski definition) is 4. The molecule has 1 aromatic rings. The molecule has 0 aromatic carbocycles. The van der Waals surface area contributed by atoms with Gasteiger partial charge in [-0.05, 0) is 19.4 Å². The van der Waals surface area contributed by atoms with Gasteiger partial charge in [0.15, 0.2) is 0 Å². The fraction of sp³-hybridized carbons (Fsp3) is 0.571. The Labute approximate surface area is 75.2 Å². The normalized spacial score (nSPS) is 10.3. The number of aromatic nitrogens is 1. The summed E-state index contributed by atoms with van der Waals surface area (Å²) in [6, 6.07) is 0. The second-order valence-electron chi connectivity index (χ2n) is 2.14. The SMILES string of the molecule is NCCCCSc1nccs1. The number of hydrogen-bond donors (Lipinski definition) is 1. The van der Waals surface area contributed by atoms with Crippen LogP contribution in [-0.2, 0) is 0 Å². The molecule has 0 aliphatic heterocycles. The Hall–Kier alpha value is -0.0600. The van der Waals surface area contributed by atoms with E-state index in [1.165, 1.54) is 10.8 Å². The summed E-state index contributed by atoms with van der Waals surface area (Å²) >= 11 is 3.52. The minimum absolute atomic E-state index is 0.804. The van der Waals surface area contributed by atoms with Crippen LogP contribution in [-0.4, -0.2) is 17.3 Å². The lowest BCUT2D eigenvalue weighted by Gasteiger charge is -1.94. The van der Waals surface area contributed by atoms with Crippen molar-refractivity contribution in [3.05, 3.63) is 11.6 Å². The summed E-state index contributed by atoms with van der Waals surface area (Å²) < 4.78 is 1.17. The molecule has 1 rings (SSSR count). The molecule has 2 N–H and O–H groups in total. The van der Waals surface area contributed by atoms with Gasteiger partial charge in [0, 0.05) is 17.3 Å². The van der Waals surface area contributed by atoms with Crippen LogP contribution in [0, 0.1) is 0 Å². The third-order valence-electron chi connectivity index (χ3n) is 1.23. The van der Waals surface area contributed by atoms with E-state index < -0.39 is 0 Å². The lowest BCUT2D eigenvalue weighted by Crippen LogP contribution is -1.98. The first-order chi connectivity index (χ1) is 5.43. The van der Waals surface area contributed by atoms with Gasteiger partial charge in [0.25, 0.3) is 0 Å². The highest BCUT2D eigenvalue weighted by molar-refractivity contribution is 8.00. The molecule has 0 atom stereocenters. The van der Waals surface area contributed by atoms with Gasteiger partial charge in [-0.25, -0.2) is 4.98 Å². The van der Waals surface area contributed by atoms with E-state index in [9.17, 15) is 0 Å². The van der Waals surface area contributed by atoms with E-state index in [1.807, 2.05) is 23.3 Å². The van der Waals surface area contributed by atoms with Crippen molar-refractivity contribution in [3.63, 3.8) is 0 Å². The topological polar surface area (TPSA) is 38.9 Å². The van der Waals surface area contributed by atoms with Crippen LogP contribution < -0.4 is 5.73 Å². The highest BCUT2D eigenvalue weighted by Crippen LogP contribution is 2.20. The largest absolute Gasteiger partial charge is 0.330 e. The average Bonchev–Trinajstić information content (AvgIpc) is 2.50. The van der Waals surface area contributed by atoms with Crippen molar-refractivity contribution in [3.8, 4) is 0 Å². The van der Waals surface area contributed by atoms with Gasteiger partial charge in [-0.3, -0.25) is 0 Å². The van der Waals surface area contributed by atoms with Gasteiger partial charge in [-0.15, -0.1) is 11.3 Å². The fourth-order valence-electron chi connectivity index (χ4n) is 0.688. The van der Waals surface area contributed by atoms with E-state index in [1.54, 1.807) is 11.3 Å². The smallest absolute Gasteiger partial charge is 0.149 e. The molecule has 2 nitrogen and oxygen atoms in total. The van der Waals surface area contributed by atoms with Crippen LogP contribution in [0.15, 0.2) is 15.9 Å². The molecule has 0 aliphatic rings. The zero-order valence-corrected chi connectivity index (χ0v) is 7.96. The Bertz CT molecular complexity index is 175. The van der Waals surface area contributed by atoms with Crippen molar-refractivity contribution in [2.75, 3.05) is 12.3 Å². The molecule has 0 saturated carbocycles. The molecular formula is C7H12N2S2. The number of thioether (sulfide) groups is 1. The van der Waals surface area contributed by atoms with Crippen molar-refractivity contribution in [1.29, 1.82) is 0 Å². The summed E-state index contributed by atoms with van der Waals surface area (Å²) in [5, 5.41) is 2.01. The maximum atomic E-state index is 5.37. The Morgan fingerprint density at radius 3 is 3.09 bits per heavy atom. The molecule has 0 aliphatic carbocycles. The highest BCUT2D eigenvalue weighted by Gasteiger charge is 1.94. The molecule has 62 valence electrons. The molecule has 0 bridgehead atoms. The van der Waals surface area contributed by atoms with Gasteiger partial charge in [0.05, 0.1) is 0 Å². The van der Waals surface area contributed by atoms with Crippen LogP contribution >= 0.6 is 23.1 Å². The molecular weight excluding hydrogens is 176 g/mol. The third-order valence-corrected chi connectivity index (χ3v) is 3.29. The van der Waals surface area contributed by atoms with Crippen molar-refractivity contribution in [1.82, 2.24) is 4.98 Å². The van der Waals surface area contributed by atoms with E-state index in [2.05, 4.69) is 4.98 Å². The molecule has 4 heteroatoms. The first-order valence-corrected chi connectivity index (χ1v) is 5.52. The molecule has 11 heavy (non-hydrogen) atoms. The number of nitrogens with two attached hydrogens (primary N) is 1. The van der Waals surface area contributed by atoms with Gasteiger partial charge in [0.1, 0.15) is 4.34 Å². The lowest BCUT2D eigenvalue weighted by atomic mass is 10.3. The molecule has 1 aromatic heterocycles. The molecule has 0 amide bonds. The maximum absolute atomic E-state index is 5.37. The first-order valence-electron chi connectivity index (χ1n) is 3.66. The second-order valence-corrected chi connectivity index (χ2v) is 4.38. The van der Waals surface area contributed by atoms with E-state index in [-0.39, 0.29) is 0 Å². The van der Waals surface area contributed by atoms with E-state index in [0.29, 0.717) is 0 Å². The number of nitrogens with zero attached hydrogens (tertiary/aromatic N) is 1. The van der Waals surface area contributed by atoms with E-state index >= 15 is 0 Å². The summed E-state index contributed by atoms with van der Waals surface area (Å²) in [6.45, 7) is 0.804. The third kappa shape index (κ3) is 3.74. The van der Waals surface area contributed by atoms with Crippen molar-refractivity contribution < 1.29 is 0 Å². The zero-order valence-electron chi connectivity index (χ0n) is 6.32. The van der Waals surface area contributed by atoms with Crippen LogP contribution in [0.1, 0.15) is 12.8 Å². The maximum Gasteiger partial charge on any atom is 0.149 e. The predicted octanol–water partition coefficient (Wildman–Crippen LogP) is 1.97. The monoisotopic (exact) mass is 188 g/mol. The van der Waals surface area contributed by atoms with Crippen LogP contribution in [0.4, 0.5) is 0 Å². The van der Waals surface area contributed by atoms with E-state index in [0.717, 1.165) is 18.7 Å².